The minimum absolute atomic E-state index is 0.411. The van der Waals surface area contributed by atoms with Crippen LogP contribution in [0.2, 0.25) is 0 Å². The summed E-state index contributed by atoms with van der Waals surface area (Å²) < 4.78 is 0. The van der Waals surface area contributed by atoms with Crippen LogP contribution in [0.25, 0.3) is 0 Å². The summed E-state index contributed by atoms with van der Waals surface area (Å²) in [5.41, 5.74) is 0. The fraction of sp³-hybridized carbons (Fsp3) is 0.917. The van der Waals surface area contributed by atoms with Gasteiger partial charge in [-0.1, -0.05) is 6.92 Å². The van der Waals surface area contributed by atoms with Crippen molar-refractivity contribution in [3.63, 3.8) is 0 Å². The van der Waals surface area contributed by atoms with Crippen LogP contribution in [-0.4, -0.2) is 54.9 Å². The molecule has 1 atom stereocenters. The molecular formula is C12H22N2O. The Morgan fingerprint density at radius 3 is 2.33 bits per heavy atom. The molecule has 1 aliphatic carbocycles. The molecule has 2 aliphatic rings. The topological polar surface area (TPSA) is 23.6 Å². The molecule has 3 nitrogen and oxygen atoms in total. The normalized spacial score (nSPS) is 29.1. The number of ketones is 1. The SMILES string of the molecule is CCN1CCN(CCC2CCC2=O)CC1. The van der Waals surface area contributed by atoms with Gasteiger partial charge >= 0.3 is 0 Å². The van der Waals surface area contributed by atoms with E-state index in [1.165, 1.54) is 32.7 Å². The highest BCUT2D eigenvalue weighted by Gasteiger charge is 2.28. The molecule has 2 fully saturated rings. The third-order valence-corrected chi connectivity index (χ3v) is 3.90. The molecule has 0 spiro atoms. The van der Waals surface area contributed by atoms with Crippen molar-refractivity contribution in [2.45, 2.75) is 26.2 Å². The lowest BCUT2D eigenvalue weighted by atomic mass is 9.81. The molecule has 0 amide bonds. The van der Waals surface area contributed by atoms with Gasteiger partial charge in [-0.3, -0.25) is 4.79 Å². The van der Waals surface area contributed by atoms with Crippen molar-refractivity contribution in [3.8, 4) is 0 Å². The molecule has 3 heteroatoms. The van der Waals surface area contributed by atoms with E-state index in [1.807, 2.05) is 0 Å². The van der Waals surface area contributed by atoms with Gasteiger partial charge in [0, 0.05) is 38.5 Å². The zero-order valence-corrected chi connectivity index (χ0v) is 9.74. The summed E-state index contributed by atoms with van der Waals surface area (Å²) in [5, 5.41) is 0. The number of rotatable bonds is 4. The van der Waals surface area contributed by atoms with Crippen molar-refractivity contribution < 1.29 is 4.79 Å². The Morgan fingerprint density at radius 2 is 1.87 bits per heavy atom. The molecule has 1 saturated heterocycles. The number of carbonyl (C=O) groups excluding carboxylic acids is 1. The molecule has 86 valence electrons. The zero-order chi connectivity index (χ0) is 10.7. The number of piperazine rings is 1. The third kappa shape index (κ3) is 2.79. The number of Topliss-reactive ketones (excluding diaryl/α,β-unsaturated/α-hetero) is 1. The van der Waals surface area contributed by atoms with E-state index in [9.17, 15) is 4.79 Å². The van der Waals surface area contributed by atoms with Crippen molar-refractivity contribution in [1.29, 1.82) is 0 Å². The van der Waals surface area contributed by atoms with E-state index in [4.69, 9.17) is 0 Å². The minimum atomic E-state index is 0.411. The van der Waals surface area contributed by atoms with E-state index >= 15 is 0 Å². The Morgan fingerprint density at radius 1 is 1.20 bits per heavy atom. The lowest BCUT2D eigenvalue weighted by Crippen LogP contribution is -2.47. The molecular weight excluding hydrogens is 188 g/mol. The molecule has 1 unspecified atom stereocenters. The first-order valence-corrected chi connectivity index (χ1v) is 6.27. The number of hydrogen-bond donors (Lipinski definition) is 0. The monoisotopic (exact) mass is 210 g/mol. The molecule has 0 N–H and O–H groups in total. The van der Waals surface area contributed by atoms with Gasteiger partial charge in [0.25, 0.3) is 0 Å². The van der Waals surface area contributed by atoms with Crippen molar-refractivity contribution in [2.75, 3.05) is 39.3 Å². The first-order valence-electron chi connectivity index (χ1n) is 6.27. The van der Waals surface area contributed by atoms with Crippen LogP contribution in [0, 0.1) is 5.92 Å². The summed E-state index contributed by atoms with van der Waals surface area (Å²) in [7, 11) is 0. The fourth-order valence-corrected chi connectivity index (χ4v) is 2.44. The van der Waals surface area contributed by atoms with Gasteiger partial charge in [0.05, 0.1) is 0 Å². The van der Waals surface area contributed by atoms with E-state index in [-0.39, 0.29) is 0 Å². The highest BCUT2D eigenvalue weighted by Crippen LogP contribution is 2.25. The van der Waals surface area contributed by atoms with Crippen LogP contribution in [0.3, 0.4) is 0 Å². The summed E-state index contributed by atoms with van der Waals surface area (Å²) in [6.07, 6.45) is 3.09. The fourth-order valence-electron chi connectivity index (χ4n) is 2.44. The molecule has 0 aromatic carbocycles. The smallest absolute Gasteiger partial charge is 0.136 e. The van der Waals surface area contributed by atoms with Crippen LogP contribution in [0.4, 0.5) is 0 Å². The lowest BCUT2D eigenvalue weighted by Gasteiger charge is -2.35. The Labute approximate surface area is 92.4 Å². The van der Waals surface area contributed by atoms with Gasteiger partial charge in [0.1, 0.15) is 5.78 Å². The van der Waals surface area contributed by atoms with E-state index in [0.717, 1.165) is 25.8 Å². The van der Waals surface area contributed by atoms with E-state index in [1.54, 1.807) is 0 Å². The summed E-state index contributed by atoms with van der Waals surface area (Å²) >= 11 is 0. The molecule has 1 heterocycles. The highest BCUT2D eigenvalue weighted by molar-refractivity contribution is 5.86. The summed E-state index contributed by atoms with van der Waals surface area (Å²) in [6, 6.07) is 0. The number of hydrogen-bond acceptors (Lipinski definition) is 3. The second-order valence-electron chi connectivity index (χ2n) is 4.77. The maximum absolute atomic E-state index is 11.2. The number of nitrogens with zero attached hydrogens (tertiary/aromatic N) is 2. The second kappa shape index (κ2) is 5.08. The molecule has 0 aromatic heterocycles. The second-order valence-corrected chi connectivity index (χ2v) is 4.77. The lowest BCUT2D eigenvalue weighted by molar-refractivity contribution is -0.129. The van der Waals surface area contributed by atoms with E-state index in [2.05, 4.69) is 16.7 Å². The first-order chi connectivity index (χ1) is 7.29. The van der Waals surface area contributed by atoms with Crippen LogP contribution in [-0.2, 0) is 4.79 Å². The van der Waals surface area contributed by atoms with Crippen LogP contribution in [0.5, 0.6) is 0 Å². The Balaban J connectivity index is 1.62. The minimum Gasteiger partial charge on any atom is -0.301 e. The van der Waals surface area contributed by atoms with Crippen molar-refractivity contribution in [2.24, 2.45) is 5.92 Å². The first kappa shape index (κ1) is 11.1. The van der Waals surface area contributed by atoms with Gasteiger partial charge in [-0.15, -0.1) is 0 Å². The van der Waals surface area contributed by atoms with Gasteiger partial charge in [-0.25, -0.2) is 0 Å². The van der Waals surface area contributed by atoms with Gasteiger partial charge < -0.3 is 9.80 Å². The third-order valence-electron chi connectivity index (χ3n) is 3.90. The van der Waals surface area contributed by atoms with Crippen LogP contribution in [0.1, 0.15) is 26.2 Å². The summed E-state index contributed by atoms with van der Waals surface area (Å²) in [4.78, 5) is 16.2. The molecule has 2 rings (SSSR count). The van der Waals surface area contributed by atoms with Gasteiger partial charge in [-0.05, 0) is 25.9 Å². The van der Waals surface area contributed by atoms with Crippen LogP contribution in [0.15, 0.2) is 0 Å². The average Bonchev–Trinajstić information content (AvgIpc) is 2.28. The van der Waals surface area contributed by atoms with Crippen molar-refractivity contribution in [3.05, 3.63) is 0 Å². The molecule has 0 radical (unpaired) electrons. The quantitative estimate of drug-likeness (QED) is 0.691. The van der Waals surface area contributed by atoms with Crippen LogP contribution >= 0.6 is 0 Å². The number of likely N-dealkylation sites (N-methyl/N-ethyl adjacent to an activating group) is 1. The summed E-state index contributed by atoms with van der Waals surface area (Å²) in [5.74, 6) is 0.913. The van der Waals surface area contributed by atoms with Crippen molar-refractivity contribution in [1.82, 2.24) is 9.80 Å². The van der Waals surface area contributed by atoms with Gasteiger partial charge in [0.2, 0.25) is 0 Å². The van der Waals surface area contributed by atoms with E-state index < -0.39 is 0 Å². The molecule has 15 heavy (non-hydrogen) atoms. The predicted molar refractivity (Wildman–Crippen MR) is 60.9 cm³/mol. The van der Waals surface area contributed by atoms with E-state index in [0.29, 0.717) is 11.7 Å². The Hall–Kier alpha value is -0.410. The van der Waals surface area contributed by atoms with Crippen LogP contribution < -0.4 is 0 Å². The summed E-state index contributed by atoms with van der Waals surface area (Å²) in [6.45, 7) is 9.32. The maximum Gasteiger partial charge on any atom is 0.136 e. The Bertz CT molecular complexity index is 222. The average molecular weight is 210 g/mol. The predicted octanol–water partition coefficient (Wildman–Crippen LogP) is 0.993. The van der Waals surface area contributed by atoms with Crippen molar-refractivity contribution >= 4 is 5.78 Å². The highest BCUT2D eigenvalue weighted by atomic mass is 16.1. The van der Waals surface area contributed by atoms with Gasteiger partial charge in [0.15, 0.2) is 0 Å². The molecule has 1 aliphatic heterocycles. The number of carbonyl (C=O) groups is 1. The zero-order valence-electron chi connectivity index (χ0n) is 9.74. The maximum atomic E-state index is 11.2. The molecule has 0 aromatic rings. The molecule has 0 bridgehead atoms. The largest absolute Gasteiger partial charge is 0.301 e. The Kier molecular flexibility index (Phi) is 3.76. The standard InChI is InChI=1S/C12H22N2O/c1-2-13-7-9-14(10-8-13)6-5-11-3-4-12(11)15/h11H,2-10H2,1H3. The molecule has 1 saturated carbocycles. The van der Waals surface area contributed by atoms with Gasteiger partial charge in [-0.2, -0.15) is 0 Å².